The quantitative estimate of drug-likeness (QED) is 0.807. The molecule has 2 aromatic rings. The van der Waals surface area contributed by atoms with Gasteiger partial charge in [-0.05, 0) is 25.1 Å². The van der Waals surface area contributed by atoms with Gasteiger partial charge in [-0.3, -0.25) is 4.90 Å². The Bertz CT molecular complexity index is 547. The number of nitrogens with one attached hydrogen (secondary N) is 1. The maximum Gasteiger partial charge on any atom is 0.147 e. The summed E-state index contributed by atoms with van der Waals surface area (Å²) in [6.45, 7) is 7.63. The fourth-order valence-corrected chi connectivity index (χ4v) is 2.46. The Morgan fingerprint density at radius 1 is 1.30 bits per heavy atom. The molecule has 20 heavy (non-hydrogen) atoms. The van der Waals surface area contributed by atoms with Crippen molar-refractivity contribution in [3.05, 3.63) is 35.8 Å². The van der Waals surface area contributed by atoms with Gasteiger partial charge >= 0.3 is 0 Å². The second kappa shape index (κ2) is 6.19. The van der Waals surface area contributed by atoms with Gasteiger partial charge in [0.25, 0.3) is 0 Å². The first kappa shape index (κ1) is 13.3. The molecule has 0 aromatic carbocycles. The lowest BCUT2D eigenvalue weighted by atomic mass is 10.3. The summed E-state index contributed by atoms with van der Waals surface area (Å²) >= 11 is 0. The van der Waals surface area contributed by atoms with Crippen molar-refractivity contribution in [3.8, 4) is 0 Å². The predicted molar refractivity (Wildman–Crippen MR) is 74.8 cm³/mol. The van der Waals surface area contributed by atoms with Gasteiger partial charge in [0.05, 0.1) is 19.6 Å². The van der Waals surface area contributed by atoms with E-state index in [-0.39, 0.29) is 0 Å². The summed E-state index contributed by atoms with van der Waals surface area (Å²) in [5.41, 5.74) is 0. The van der Waals surface area contributed by atoms with E-state index in [0.717, 1.165) is 63.0 Å². The number of fused-ring (bicyclic) bond motifs is 1. The van der Waals surface area contributed by atoms with Gasteiger partial charge in [-0.2, -0.15) is 0 Å². The van der Waals surface area contributed by atoms with E-state index in [1.807, 2.05) is 0 Å². The lowest BCUT2D eigenvalue weighted by Crippen LogP contribution is -2.33. The van der Waals surface area contributed by atoms with Crippen LogP contribution >= 0.6 is 0 Å². The standard InChI is InChI=1S/C14H21N5O/c1-2-5-15-8-12-3-4-13(20-12)9-18-6-7-19-11-16-17-14(19)10-18/h3-4,11,15H,2,5-10H2,1H3. The average Bonchev–Trinajstić information content (AvgIpc) is 3.08. The van der Waals surface area contributed by atoms with Gasteiger partial charge in [0.1, 0.15) is 23.7 Å². The van der Waals surface area contributed by atoms with E-state index in [9.17, 15) is 0 Å². The topological polar surface area (TPSA) is 59.1 Å². The van der Waals surface area contributed by atoms with Gasteiger partial charge in [0.15, 0.2) is 0 Å². The van der Waals surface area contributed by atoms with Gasteiger partial charge in [-0.25, -0.2) is 0 Å². The molecule has 0 fully saturated rings. The Kier molecular flexibility index (Phi) is 4.13. The van der Waals surface area contributed by atoms with Crippen molar-refractivity contribution >= 4 is 0 Å². The van der Waals surface area contributed by atoms with Crippen LogP contribution in [-0.4, -0.2) is 32.8 Å². The molecule has 0 saturated carbocycles. The Morgan fingerprint density at radius 2 is 2.20 bits per heavy atom. The van der Waals surface area contributed by atoms with Crippen molar-refractivity contribution < 1.29 is 4.42 Å². The zero-order valence-corrected chi connectivity index (χ0v) is 11.9. The van der Waals surface area contributed by atoms with Crippen LogP contribution in [0.3, 0.4) is 0 Å². The van der Waals surface area contributed by atoms with E-state index >= 15 is 0 Å². The molecule has 0 atom stereocenters. The molecule has 1 aliphatic heterocycles. The van der Waals surface area contributed by atoms with Gasteiger partial charge in [-0.15, -0.1) is 10.2 Å². The molecule has 0 unspecified atom stereocenters. The Labute approximate surface area is 118 Å². The van der Waals surface area contributed by atoms with Gasteiger partial charge in [-0.1, -0.05) is 6.92 Å². The first-order valence-corrected chi connectivity index (χ1v) is 7.22. The number of nitrogens with zero attached hydrogens (tertiary/aromatic N) is 4. The number of hydrogen-bond donors (Lipinski definition) is 1. The number of hydrogen-bond acceptors (Lipinski definition) is 5. The van der Waals surface area contributed by atoms with Crippen molar-refractivity contribution in [1.82, 2.24) is 25.0 Å². The minimum absolute atomic E-state index is 0.808. The molecule has 1 aliphatic rings. The summed E-state index contributed by atoms with van der Waals surface area (Å²) in [6.07, 6.45) is 2.94. The predicted octanol–water partition coefficient (Wildman–Crippen LogP) is 1.39. The van der Waals surface area contributed by atoms with Crippen LogP contribution in [0, 0.1) is 0 Å². The van der Waals surface area contributed by atoms with Crippen LogP contribution in [0.4, 0.5) is 0 Å². The van der Waals surface area contributed by atoms with E-state index < -0.39 is 0 Å². The molecule has 0 spiro atoms. The monoisotopic (exact) mass is 275 g/mol. The summed E-state index contributed by atoms with van der Waals surface area (Å²) in [6, 6.07) is 4.13. The van der Waals surface area contributed by atoms with Crippen LogP contribution in [0.2, 0.25) is 0 Å². The Morgan fingerprint density at radius 3 is 3.10 bits per heavy atom. The first-order chi connectivity index (χ1) is 9.85. The molecule has 0 amide bonds. The van der Waals surface area contributed by atoms with Crippen LogP contribution < -0.4 is 5.32 Å². The largest absolute Gasteiger partial charge is 0.463 e. The zero-order valence-electron chi connectivity index (χ0n) is 11.9. The van der Waals surface area contributed by atoms with Crippen LogP contribution in [0.25, 0.3) is 0 Å². The molecule has 3 rings (SSSR count). The van der Waals surface area contributed by atoms with Crippen LogP contribution in [0.5, 0.6) is 0 Å². The fourth-order valence-electron chi connectivity index (χ4n) is 2.46. The number of aromatic nitrogens is 3. The molecule has 3 heterocycles. The highest BCUT2D eigenvalue weighted by molar-refractivity contribution is 5.07. The maximum atomic E-state index is 5.86. The summed E-state index contributed by atoms with van der Waals surface area (Å²) < 4.78 is 7.97. The van der Waals surface area contributed by atoms with Crippen molar-refractivity contribution in [2.45, 2.75) is 39.5 Å². The SMILES string of the molecule is CCCNCc1ccc(CN2CCn3cnnc3C2)o1. The summed E-state index contributed by atoms with van der Waals surface area (Å²) in [5.74, 6) is 3.06. The van der Waals surface area contributed by atoms with Crippen LogP contribution in [-0.2, 0) is 26.2 Å². The Balaban J connectivity index is 1.54. The third-order valence-corrected chi connectivity index (χ3v) is 3.54. The second-order valence-corrected chi connectivity index (χ2v) is 5.20. The van der Waals surface area contributed by atoms with Crippen LogP contribution in [0.1, 0.15) is 30.7 Å². The van der Waals surface area contributed by atoms with Gasteiger partial charge < -0.3 is 14.3 Å². The van der Waals surface area contributed by atoms with Crippen molar-refractivity contribution in [2.24, 2.45) is 0 Å². The molecule has 6 nitrogen and oxygen atoms in total. The molecule has 108 valence electrons. The molecular formula is C14H21N5O. The molecule has 0 saturated heterocycles. The minimum Gasteiger partial charge on any atom is -0.463 e. The molecule has 0 aliphatic carbocycles. The number of rotatable bonds is 6. The highest BCUT2D eigenvalue weighted by atomic mass is 16.3. The summed E-state index contributed by atoms with van der Waals surface area (Å²) in [5, 5.41) is 11.4. The van der Waals surface area contributed by atoms with E-state index in [2.05, 4.69) is 44.0 Å². The van der Waals surface area contributed by atoms with Crippen LogP contribution in [0.15, 0.2) is 22.9 Å². The van der Waals surface area contributed by atoms with Crippen molar-refractivity contribution in [3.63, 3.8) is 0 Å². The molecule has 1 N–H and O–H groups in total. The van der Waals surface area contributed by atoms with E-state index in [4.69, 9.17) is 4.42 Å². The average molecular weight is 275 g/mol. The third-order valence-electron chi connectivity index (χ3n) is 3.54. The fraction of sp³-hybridized carbons (Fsp3) is 0.571. The lowest BCUT2D eigenvalue weighted by molar-refractivity contribution is 0.192. The molecule has 2 aromatic heterocycles. The number of furan rings is 1. The summed E-state index contributed by atoms with van der Waals surface area (Å²) in [4.78, 5) is 2.34. The van der Waals surface area contributed by atoms with Gasteiger partial charge in [0, 0.05) is 13.1 Å². The molecule has 6 heteroatoms. The molecular weight excluding hydrogens is 254 g/mol. The lowest BCUT2D eigenvalue weighted by Gasteiger charge is -2.25. The summed E-state index contributed by atoms with van der Waals surface area (Å²) in [7, 11) is 0. The minimum atomic E-state index is 0.808. The molecule has 0 radical (unpaired) electrons. The smallest absolute Gasteiger partial charge is 0.147 e. The highest BCUT2D eigenvalue weighted by Gasteiger charge is 2.18. The van der Waals surface area contributed by atoms with E-state index in [1.54, 1.807) is 6.33 Å². The molecule has 0 bridgehead atoms. The second-order valence-electron chi connectivity index (χ2n) is 5.20. The van der Waals surface area contributed by atoms with Crippen molar-refractivity contribution in [2.75, 3.05) is 13.1 Å². The van der Waals surface area contributed by atoms with Crippen molar-refractivity contribution in [1.29, 1.82) is 0 Å². The van der Waals surface area contributed by atoms with E-state index in [0.29, 0.717) is 0 Å². The Hall–Kier alpha value is -1.66. The normalized spacial score (nSPS) is 15.4. The van der Waals surface area contributed by atoms with Gasteiger partial charge in [0.2, 0.25) is 0 Å². The van der Waals surface area contributed by atoms with E-state index in [1.165, 1.54) is 0 Å². The highest BCUT2D eigenvalue weighted by Crippen LogP contribution is 2.15. The zero-order chi connectivity index (χ0) is 13.8. The first-order valence-electron chi connectivity index (χ1n) is 7.22. The maximum absolute atomic E-state index is 5.86. The third kappa shape index (κ3) is 3.08.